The number of carbonyl (C=O) groups is 3. The Morgan fingerprint density at radius 3 is 2.50 bits per heavy atom. The lowest BCUT2D eigenvalue weighted by atomic mass is 10.0. The summed E-state index contributed by atoms with van der Waals surface area (Å²) in [7, 11) is 0. The predicted molar refractivity (Wildman–Crippen MR) is 130 cm³/mol. The highest BCUT2D eigenvalue weighted by atomic mass is 16.2. The topological polar surface area (TPSA) is 102 Å². The molecule has 8 heteroatoms. The highest BCUT2D eigenvalue weighted by Gasteiger charge is 2.35. The van der Waals surface area contributed by atoms with Gasteiger partial charge in [-0.1, -0.05) is 25.1 Å². The molecule has 2 aliphatic heterocycles. The summed E-state index contributed by atoms with van der Waals surface area (Å²) in [5, 5.41) is 4.50. The highest BCUT2D eigenvalue weighted by molar-refractivity contribution is 6.10. The number of amides is 3. The van der Waals surface area contributed by atoms with Crippen LogP contribution < -0.4 is 15.5 Å². The van der Waals surface area contributed by atoms with E-state index < -0.39 is 5.91 Å². The zero-order valence-corrected chi connectivity index (χ0v) is 19.4. The smallest absolute Gasteiger partial charge is 0.277 e. The summed E-state index contributed by atoms with van der Waals surface area (Å²) >= 11 is 0. The lowest BCUT2D eigenvalue weighted by molar-refractivity contribution is -0.117. The van der Waals surface area contributed by atoms with E-state index >= 15 is 0 Å². The molecule has 2 aliphatic rings. The number of carbonyl (C=O) groups excluding carboxylic acids is 3. The maximum atomic E-state index is 13.8. The van der Waals surface area contributed by atoms with Crippen LogP contribution in [0.3, 0.4) is 0 Å². The molecule has 0 aliphatic carbocycles. The van der Waals surface area contributed by atoms with Gasteiger partial charge in [0.25, 0.3) is 11.8 Å². The van der Waals surface area contributed by atoms with Gasteiger partial charge < -0.3 is 15.5 Å². The van der Waals surface area contributed by atoms with E-state index in [1.54, 1.807) is 14.5 Å². The maximum absolute atomic E-state index is 13.8. The summed E-state index contributed by atoms with van der Waals surface area (Å²) in [4.78, 5) is 41.7. The second-order valence-corrected chi connectivity index (χ2v) is 8.76. The quantitative estimate of drug-likeness (QED) is 0.636. The van der Waals surface area contributed by atoms with Crippen LogP contribution in [0.4, 0.5) is 11.4 Å². The second kappa shape index (κ2) is 8.44. The van der Waals surface area contributed by atoms with Crippen molar-refractivity contribution >= 4 is 29.1 Å². The first-order valence-electron chi connectivity index (χ1n) is 11.6. The SMILES string of the molecule is CCc1ccccc1-n1nc(C(N)=O)c2c1C(=O)N(c1ccc(N3CCCC3=O)cc1C)CC2. The summed E-state index contributed by atoms with van der Waals surface area (Å²) < 4.78 is 1.58. The fraction of sp³-hybridized carbons (Fsp3) is 0.308. The number of hydrogen-bond acceptors (Lipinski definition) is 4. The van der Waals surface area contributed by atoms with Crippen molar-refractivity contribution in [1.29, 1.82) is 0 Å². The number of hydrogen-bond donors (Lipinski definition) is 1. The van der Waals surface area contributed by atoms with Gasteiger partial charge in [-0.15, -0.1) is 0 Å². The predicted octanol–water partition coefficient (Wildman–Crippen LogP) is 3.17. The van der Waals surface area contributed by atoms with Crippen LogP contribution in [0.15, 0.2) is 42.5 Å². The fourth-order valence-electron chi connectivity index (χ4n) is 5.01. The Balaban J connectivity index is 1.58. The molecule has 3 aromatic rings. The Morgan fingerprint density at radius 1 is 1.03 bits per heavy atom. The van der Waals surface area contributed by atoms with Gasteiger partial charge in [-0.05, 0) is 61.6 Å². The molecule has 8 nitrogen and oxygen atoms in total. The van der Waals surface area contributed by atoms with Gasteiger partial charge in [-0.25, -0.2) is 4.68 Å². The number of nitrogens with two attached hydrogens (primary N) is 1. The number of anilines is 2. The van der Waals surface area contributed by atoms with Crippen molar-refractivity contribution in [3.05, 3.63) is 70.5 Å². The normalized spacial score (nSPS) is 15.7. The average Bonchev–Trinajstić information content (AvgIpc) is 3.44. The Labute approximate surface area is 197 Å². The maximum Gasteiger partial charge on any atom is 0.277 e. The summed E-state index contributed by atoms with van der Waals surface area (Å²) in [6.07, 6.45) is 2.65. The second-order valence-electron chi connectivity index (χ2n) is 8.76. The van der Waals surface area contributed by atoms with Crippen LogP contribution in [0.1, 0.15) is 57.4 Å². The Bertz CT molecular complexity index is 1330. The summed E-state index contributed by atoms with van der Waals surface area (Å²) in [5.74, 6) is -0.732. The van der Waals surface area contributed by atoms with Gasteiger partial charge in [0.05, 0.1) is 5.69 Å². The molecular weight excluding hydrogens is 430 g/mol. The molecule has 1 saturated heterocycles. The van der Waals surface area contributed by atoms with Crippen molar-refractivity contribution in [2.24, 2.45) is 5.73 Å². The van der Waals surface area contributed by atoms with Gasteiger partial charge in [0.15, 0.2) is 5.69 Å². The van der Waals surface area contributed by atoms with Crippen LogP contribution in [0.25, 0.3) is 5.69 Å². The van der Waals surface area contributed by atoms with E-state index in [4.69, 9.17) is 5.73 Å². The average molecular weight is 458 g/mol. The Hall–Kier alpha value is -3.94. The van der Waals surface area contributed by atoms with E-state index in [2.05, 4.69) is 5.10 Å². The number of rotatable bonds is 5. The lowest BCUT2D eigenvalue weighted by Crippen LogP contribution is -2.39. The minimum Gasteiger partial charge on any atom is -0.364 e. The van der Waals surface area contributed by atoms with E-state index in [-0.39, 0.29) is 17.5 Å². The molecule has 34 heavy (non-hydrogen) atoms. The largest absolute Gasteiger partial charge is 0.364 e. The van der Waals surface area contributed by atoms with Crippen molar-refractivity contribution in [2.45, 2.75) is 39.5 Å². The molecule has 0 radical (unpaired) electrons. The van der Waals surface area contributed by atoms with Gasteiger partial charge in [0.2, 0.25) is 5.91 Å². The number of para-hydroxylation sites is 1. The molecule has 0 atom stereocenters. The number of fused-ring (bicyclic) bond motifs is 1. The highest BCUT2D eigenvalue weighted by Crippen LogP contribution is 2.33. The van der Waals surface area contributed by atoms with E-state index in [1.807, 2.05) is 56.3 Å². The number of nitrogens with zero attached hydrogens (tertiary/aromatic N) is 4. The molecule has 3 heterocycles. The Morgan fingerprint density at radius 2 is 1.82 bits per heavy atom. The molecule has 2 N–H and O–H groups in total. The third-order valence-corrected chi connectivity index (χ3v) is 6.71. The van der Waals surface area contributed by atoms with Crippen molar-refractivity contribution in [3.63, 3.8) is 0 Å². The van der Waals surface area contributed by atoms with Gasteiger partial charge >= 0.3 is 0 Å². The van der Waals surface area contributed by atoms with Crippen molar-refractivity contribution in [2.75, 3.05) is 22.9 Å². The van der Waals surface area contributed by atoms with Gasteiger partial charge in [0, 0.05) is 36.4 Å². The molecule has 0 saturated carbocycles. The third kappa shape index (κ3) is 3.46. The lowest BCUT2D eigenvalue weighted by Gasteiger charge is -2.30. The van der Waals surface area contributed by atoms with Crippen molar-refractivity contribution in [1.82, 2.24) is 9.78 Å². The summed E-state index contributed by atoms with van der Waals surface area (Å²) in [5.41, 5.74) is 11.1. The molecule has 2 aromatic carbocycles. The zero-order valence-electron chi connectivity index (χ0n) is 19.4. The van der Waals surface area contributed by atoms with Crippen molar-refractivity contribution < 1.29 is 14.4 Å². The van der Waals surface area contributed by atoms with Crippen LogP contribution >= 0.6 is 0 Å². The molecule has 0 bridgehead atoms. The molecule has 0 spiro atoms. The van der Waals surface area contributed by atoms with Crippen molar-refractivity contribution in [3.8, 4) is 5.69 Å². The molecular formula is C26H27N5O3. The van der Waals surface area contributed by atoms with E-state index in [0.717, 1.165) is 47.6 Å². The number of aryl methyl sites for hydroxylation is 2. The van der Waals surface area contributed by atoms with Gasteiger partial charge in [0.1, 0.15) is 5.69 Å². The first-order chi connectivity index (χ1) is 16.4. The minimum absolute atomic E-state index is 0.128. The zero-order chi connectivity index (χ0) is 24.0. The van der Waals surface area contributed by atoms with E-state index in [1.165, 1.54) is 0 Å². The molecule has 1 aromatic heterocycles. The van der Waals surface area contributed by atoms with Gasteiger partial charge in [-0.3, -0.25) is 14.4 Å². The first kappa shape index (κ1) is 21.9. The standard InChI is InChI=1S/C26H27N5O3/c1-3-17-7-4-5-8-21(17)31-24-19(23(28-31)25(27)33)12-14-30(26(24)34)20-11-10-18(15-16(20)2)29-13-6-9-22(29)32/h4-5,7-8,10-11,15H,3,6,9,12-14H2,1-2H3,(H2,27,33). The van der Waals surface area contributed by atoms with Crippen LogP contribution in [0.2, 0.25) is 0 Å². The van der Waals surface area contributed by atoms with Crippen LogP contribution in [0.5, 0.6) is 0 Å². The van der Waals surface area contributed by atoms with E-state index in [0.29, 0.717) is 30.6 Å². The molecule has 5 rings (SSSR count). The molecule has 1 fully saturated rings. The third-order valence-electron chi connectivity index (χ3n) is 6.71. The molecule has 174 valence electrons. The summed E-state index contributed by atoms with van der Waals surface area (Å²) in [6.45, 7) is 5.11. The van der Waals surface area contributed by atoms with Crippen LogP contribution in [0, 0.1) is 6.92 Å². The van der Waals surface area contributed by atoms with Gasteiger partial charge in [-0.2, -0.15) is 5.10 Å². The van der Waals surface area contributed by atoms with Crippen LogP contribution in [-0.2, 0) is 17.6 Å². The number of benzene rings is 2. The number of aromatic nitrogens is 2. The summed E-state index contributed by atoms with van der Waals surface area (Å²) in [6, 6.07) is 13.5. The van der Waals surface area contributed by atoms with E-state index in [9.17, 15) is 14.4 Å². The number of primary amides is 1. The Kier molecular flexibility index (Phi) is 5.43. The molecule has 0 unspecified atom stereocenters. The van der Waals surface area contributed by atoms with Crippen LogP contribution in [-0.4, -0.2) is 40.6 Å². The monoisotopic (exact) mass is 457 g/mol. The fourth-order valence-corrected chi connectivity index (χ4v) is 5.01. The first-order valence-corrected chi connectivity index (χ1v) is 11.6. The molecule has 3 amide bonds. The minimum atomic E-state index is -0.638.